The Balaban J connectivity index is 1.80. The normalized spacial score (nSPS) is 10.8. The Labute approximate surface area is 126 Å². The predicted molar refractivity (Wildman–Crippen MR) is 79.4 cm³/mol. The van der Waals surface area contributed by atoms with E-state index in [1.54, 1.807) is 10.9 Å². The predicted octanol–water partition coefficient (Wildman–Crippen LogP) is 2.14. The van der Waals surface area contributed by atoms with Crippen LogP contribution in [-0.4, -0.2) is 29.8 Å². The first kappa shape index (κ1) is 13.6. The molecular formula is C13H14ClN7. The summed E-state index contributed by atoms with van der Waals surface area (Å²) in [5.41, 5.74) is 1.65. The van der Waals surface area contributed by atoms with Crippen LogP contribution < -0.4 is 5.32 Å². The molecule has 0 unspecified atom stereocenters. The standard InChI is InChI=1S/C13H14ClN7/c1-2-20-6-5-15-13(20)8-16-12-7-10(3-4-11(12)14)21-9-17-18-19-21/h3-7,9,16H,2,8H2,1H3. The minimum Gasteiger partial charge on any atom is -0.377 e. The minimum atomic E-state index is 0.597. The molecule has 1 N–H and O–H groups in total. The highest BCUT2D eigenvalue weighted by Crippen LogP contribution is 2.24. The molecule has 0 saturated heterocycles. The second-order valence-corrected chi connectivity index (χ2v) is 4.81. The summed E-state index contributed by atoms with van der Waals surface area (Å²) in [6, 6.07) is 5.57. The number of nitrogens with zero attached hydrogens (tertiary/aromatic N) is 6. The van der Waals surface area contributed by atoms with Crippen LogP contribution in [0.15, 0.2) is 36.9 Å². The lowest BCUT2D eigenvalue weighted by molar-refractivity contribution is 0.708. The summed E-state index contributed by atoms with van der Waals surface area (Å²) in [4.78, 5) is 4.32. The first-order valence-corrected chi connectivity index (χ1v) is 6.92. The summed E-state index contributed by atoms with van der Waals surface area (Å²) >= 11 is 6.22. The Hall–Kier alpha value is -2.41. The molecule has 0 amide bonds. The molecule has 0 atom stereocenters. The number of aromatic nitrogens is 6. The number of aryl methyl sites for hydroxylation is 1. The smallest absolute Gasteiger partial charge is 0.143 e. The molecular weight excluding hydrogens is 290 g/mol. The molecule has 0 aliphatic carbocycles. The van der Waals surface area contributed by atoms with Crippen LogP contribution in [0, 0.1) is 0 Å². The fourth-order valence-corrected chi connectivity index (χ4v) is 2.22. The molecule has 3 rings (SSSR count). The number of hydrogen-bond acceptors (Lipinski definition) is 5. The van der Waals surface area contributed by atoms with E-state index in [0.717, 1.165) is 23.7 Å². The van der Waals surface area contributed by atoms with E-state index in [1.165, 1.54) is 6.33 Å². The summed E-state index contributed by atoms with van der Waals surface area (Å²) in [5, 5.41) is 15.0. The topological polar surface area (TPSA) is 73.5 Å². The summed E-state index contributed by atoms with van der Waals surface area (Å²) in [5.74, 6) is 0.960. The molecule has 2 heterocycles. The largest absolute Gasteiger partial charge is 0.377 e. The van der Waals surface area contributed by atoms with Crippen molar-refractivity contribution in [1.29, 1.82) is 0 Å². The van der Waals surface area contributed by atoms with Crippen LogP contribution in [0.3, 0.4) is 0 Å². The molecule has 0 bridgehead atoms. The molecule has 2 aromatic heterocycles. The molecule has 0 saturated carbocycles. The zero-order chi connectivity index (χ0) is 14.7. The van der Waals surface area contributed by atoms with Crippen molar-refractivity contribution in [2.75, 3.05) is 5.32 Å². The average Bonchev–Trinajstić information content (AvgIpc) is 3.17. The van der Waals surface area contributed by atoms with E-state index in [0.29, 0.717) is 11.6 Å². The van der Waals surface area contributed by atoms with Crippen molar-refractivity contribution >= 4 is 17.3 Å². The van der Waals surface area contributed by atoms with Crippen LogP contribution in [-0.2, 0) is 13.1 Å². The molecule has 0 aliphatic rings. The zero-order valence-corrected chi connectivity index (χ0v) is 12.2. The molecule has 8 heteroatoms. The monoisotopic (exact) mass is 303 g/mol. The fourth-order valence-electron chi connectivity index (χ4n) is 2.04. The third kappa shape index (κ3) is 2.87. The van der Waals surface area contributed by atoms with Crippen molar-refractivity contribution in [2.45, 2.75) is 20.0 Å². The highest BCUT2D eigenvalue weighted by atomic mass is 35.5. The quantitative estimate of drug-likeness (QED) is 0.782. The number of nitrogens with one attached hydrogen (secondary N) is 1. The van der Waals surface area contributed by atoms with Crippen molar-refractivity contribution in [2.24, 2.45) is 0 Å². The molecule has 21 heavy (non-hydrogen) atoms. The van der Waals surface area contributed by atoms with E-state index in [4.69, 9.17) is 11.6 Å². The van der Waals surface area contributed by atoms with Gasteiger partial charge in [0.1, 0.15) is 12.2 Å². The number of imidazole rings is 1. The Kier molecular flexibility index (Phi) is 3.83. The van der Waals surface area contributed by atoms with Crippen LogP contribution in [0.5, 0.6) is 0 Å². The van der Waals surface area contributed by atoms with E-state index < -0.39 is 0 Å². The summed E-state index contributed by atoms with van der Waals surface area (Å²) in [7, 11) is 0. The van der Waals surface area contributed by atoms with Gasteiger partial charge in [-0.1, -0.05) is 11.6 Å². The highest BCUT2D eigenvalue weighted by molar-refractivity contribution is 6.33. The number of tetrazole rings is 1. The van der Waals surface area contributed by atoms with Gasteiger partial charge in [0.05, 0.1) is 22.9 Å². The molecule has 1 aromatic carbocycles. The Morgan fingerprint density at radius 2 is 2.24 bits per heavy atom. The molecule has 0 spiro atoms. The van der Waals surface area contributed by atoms with Gasteiger partial charge >= 0.3 is 0 Å². The van der Waals surface area contributed by atoms with Crippen LogP contribution in [0.4, 0.5) is 5.69 Å². The van der Waals surface area contributed by atoms with Crippen LogP contribution in [0.25, 0.3) is 5.69 Å². The van der Waals surface area contributed by atoms with Crippen LogP contribution in [0.2, 0.25) is 5.02 Å². The SMILES string of the molecule is CCn1ccnc1CNc1cc(-n2cnnn2)ccc1Cl. The molecule has 0 radical (unpaired) electrons. The number of benzene rings is 1. The van der Waals surface area contributed by atoms with Crippen LogP contribution >= 0.6 is 11.6 Å². The maximum atomic E-state index is 6.22. The Bertz CT molecular complexity index is 720. The minimum absolute atomic E-state index is 0.597. The van der Waals surface area contributed by atoms with Crippen molar-refractivity contribution in [3.8, 4) is 5.69 Å². The highest BCUT2D eigenvalue weighted by Gasteiger charge is 2.06. The van der Waals surface area contributed by atoms with Gasteiger partial charge < -0.3 is 9.88 Å². The van der Waals surface area contributed by atoms with Gasteiger partial charge in [0.2, 0.25) is 0 Å². The number of anilines is 1. The summed E-state index contributed by atoms with van der Waals surface area (Å²) in [6.07, 6.45) is 5.28. The number of rotatable bonds is 5. The lowest BCUT2D eigenvalue weighted by Gasteiger charge is -2.11. The molecule has 0 fully saturated rings. The van der Waals surface area contributed by atoms with Crippen molar-refractivity contribution in [3.63, 3.8) is 0 Å². The van der Waals surface area contributed by atoms with Gasteiger partial charge in [0.15, 0.2) is 0 Å². The van der Waals surface area contributed by atoms with Gasteiger partial charge in [0, 0.05) is 18.9 Å². The summed E-state index contributed by atoms with van der Waals surface area (Å²) in [6.45, 7) is 3.56. The average molecular weight is 304 g/mol. The van der Waals surface area contributed by atoms with E-state index >= 15 is 0 Å². The first-order chi connectivity index (χ1) is 10.3. The van der Waals surface area contributed by atoms with Gasteiger partial charge in [-0.15, -0.1) is 5.10 Å². The van der Waals surface area contributed by atoms with E-state index in [2.05, 4.69) is 37.3 Å². The number of hydrogen-bond donors (Lipinski definition) is 1. The lowest BCUT2D eigenvalue weighted by Crippen LogP contribution is -2.08. The molecule has 108 valence electrons. The second-order valence-electron chi connectivity index (χ2n) is 4.40. The van der Waals surface area contributed by atoms with Crippen molar-refractivity contribution in [1.82, 2.24) is 29.8 Å². The molecule has 3 aromatic rings. The molecule has 7 nitrogen and oxygen atoms in total. The Morgan fingerprint density at radius 1 is 1.33 bits per heavy atom. The summed E-state index contributed by atoms with van der Waals surface area (Å²) < 4.78 is 3.65. The third-order valence-corrected chi connectivity index (χ3v) is 3.47. The van der Waals surface area contributed by atoms with Crippen molar-refractivity contribution in [3.05, 3.63) is 47.8 Å². The van der Waals surface area contributed by atoms with Crippen molar-refractivity contribution < 1.29 is 0 Å². The third-order valence-electron chi connectivity index (χ3n) is 3.14. The first-order valence-electron chi connectivity index (χ1n) is 6.54. The van der Waals surface area contributed by atoms with Gasteiger partial charge in [-0.2, -0.15) is 0 Å². The zero-order valence-electron chi connectivity index (χ0n) is 11.4. The maximum Gasteiger partial charge on any atom is 0.143 e. The van der Waals surface area contributed by atoms with Gasteiger partial charge in [-0.3, -0.25) is 0 Å². The van der Waals surface area contributed by atoms with E-state index in [9.17, 15) is 0 Å². The molecule has 0 aliphatic heterocycles. The van der Waals surface area contributed by atoms with E-state index in [1.807, 2.05) is 24.4 Å². The second kappa shape index (κ2) is 5.92. The van der Waals surface area contributed by atoms with Gasteiger partial charge in [-0.25, -0.2) is 9.67 Å². The van der Waals surface area contributed by atoms with E-state index in [-0.39, 0.29) is 0 Å². The van der Waals surface area contributed by atoms with Crippen LogP contribution in [0.1, 0.15) is 12.7 Å². The fraction of sp³-hybridized carbons (Fsp3) is 0.231. The van der Waals surface area contributed by atoms with Gasteiger partial charge in [-0.05, 0) is 35.5 Å². The van der Waals surface area contributed by atoms with Gasteiger partial charge in [0.25, 0.3) is 0 Å². The number of halogens is 1. The Morgan fingerprint density at radius 3 is 3.00 bits per heavy atom. The maximum absolute atomic E-state index is 6.22. The lowest BCUT2D eigenvalue weighted by atomic mass is 10.2.